The number of rotatable bonds is 3. The molecule has 1 amide bonds. The molecule has 2 rings (SSSR count). The SMILES string of the molecule is CC.CCC(=O)N1C[C@@H]([C@@H](C)O)[C@H](c2ccccc2)C1. The van der Waals surface area contributed by atoms with Gasteiger partial charge in [0.2, 0.25) is 5.91 Å². The Hall–Kier alpha value is -1.35. The summed E-state index contributed by atoms with van der Waals surface area (Å²) < 4.78 is 0. The first-order valence-electron chi connectivity index (χ1n) is 7.64. The molecule has 0 aliphatic carbocycles. The van der Waals surface area contributed by atoms with Crippen molar-refractivity contribution in [1.29, 1.82) is 0 Å². The molecule has 0 spiro atoms. The molecule has 0 saturated carbocycles. The van der Waals surface area contributed by atoms with Crippen molar-refractivity contribution in [2.24, 2.45) is 5.92 Å². The number of amides is 1. The van der Waals surface area contributed by atoms with Crippen LogP contribution in [-0.2, 0) is 4.79 Å². The number of aliphatic hydroxyl groups excluding tert-OH is 1. The zero-order chi connectivity index (χ0) is 15.1. The summed E-state index contributed by atoms with van der Waals surface area (Å²) in [6.07, 6.45) is 0.151. The summed E-state index contributed by atoms with van der Waals surface area (Å²) in [4.78, 5) is 13.7. The van der Waals surface area contributed by atoms with Crippen molar-refractivity contribution in [1.82, 2.24) is 4.90 Å². The van der Waals surface area contributed by atoms with Crippen molar-refractivity contribution >= 4 is 5.91 Å². The monoisotopic (exact) mass is 277 g/mol. The second-order valence-electron chi connectivity index (χ2n) is 5.07. The summed E-state index contributed by atoms with van der Waals surface area (Å²) in [5, 5.41) is 9.92. The molecule has 1 aromatic carbocycles. The number of carbonyl (C=O) groups excluding carboxylic acids is 1. The zero-order valence-corrected chi connectivity index (χ0v) is 13.0. The lowest BCUT2D eigenvalue weighted by Gasteiger charge is -2.20. The van der Waals surface area contributed by atoms with Gasteiger partial charge in [-0.25, -0.2) is 0 Å². The molecular formula is C17H27NO2. The largest absolute Gasteiger partial charge is 0.393 e. The molecule has 0 aromatic heterocycles. The van der Waals surface area contributed by atoms with Crippen LogP contribution in [0.4, 0.5) is 0 Å². The molecule has 1 aliphatic rings. The van der Waals surface area contributed by atoms with Crippen molar-refractivity contribution in [3.8, 4) is 0 Å². The third kappa shape index (κ3) is 3.83. The zero-order valence-electron chi connectivity index (χ0n) is 13.0. The van der Waals surface area contributed by atoms with Gasteiger partial charge in [-0.3, -0.25) is 4.79 Å². The minimum atomic E-state index is -0.384. The predicted molar refractivity (Wildman–Crippen MR) is 82.6 cm³/mol. The van der Waals surface area contributed by atoms with Gasteiger partial charge >= 0.3 is 0 Å². The van der Waals surface area contributed by atoms with E-state index < -0.39 is 0 Å². The van der Waals surface area contributed by atoms with E-state index in [1.54, 1.807) is 0 Å². The summed E-state index contributed by atoms with van der Waals surface area (Å²) in [5.74, 6) is 0.573. The number of likely N-dealkylation sites (tertiary alicyclic amines) is 1. The van der Waals surface area contributed by atoms with E-state index in [4.69, 9.17) is 0 Å². The lowest BCUT2D eigenvalue weighted by atomic mass is 9.86. The van der Waals surface area contributed by atoms with E-state index >= 15 is 0 Å². The quantitative estimate of drug-likeness (QED) is 0.922. The summed E-state index contributed by atoms with van der Waals surface area (Å²) in [6.45, 7) is 9.10. The van der Waals surface area contributed by atoms with Crippen LogP contribution in [0.2, 0.25) is 0 Å². The van der Waals surface area contributed by atoms with Gasteiger partial charge in [0.15, 0.2) is 0 Å². The number of aliphatic hydroxyl groups is 1. The average Bonchev–Trinajstić information content (AvgIpc) is 2.95. The molecule has 112 valence electrons. The van der Waals surface area contributed by atoms with Crippen LogP contribution in [0.1, 0.15) is 45.6 Å². The normalized spacial score (nSPS) is 22.9. The first-order chi connectivity index (χ1) is 9.63. The summed E-state index contributed by atoms with van der Waals surface area (Å²) in [6, 6.07) is 10.2. The predicted octanol–water partition coefficient (Wildman–Crippen LogP) is 3.05. The van der Waals surface area contributed by atoms with Crippen LogP contribution in [0.25, 0.3) is 0 Å². The standard InChI is InChI=1S/C15H21NO2.C2H6/c1-3-15(18)16-9-13(11(2)17)14(10-16)12-7-5-4-6-8-12;1-2/h4-8,11,13-14,17H,3,9-10H2,1-2H3;1-2H3/t11-,13+,14+;/m1./s1. The number of benzene rings is 1. The molecule has 0 radical (unpaired) electrons. The number of carbonyl (C=O) groups is 1. The first-order valence-corrected chi connectivity index (χ1v) is 7.64. The van der Waals surface area contributed by atoms with Crippen LogP contribution in [0.5, 0.6) is 0 Å². The highest BCUT2D eigenvalue weighted by Crippen LogP contribution is 2.34. The Morgan fingerprint density at radius 3 is 2.40 bits per heavy atom. The van der Waals surface area contributed by atoms with E-state index in [1.807, 2.05) is 50.8 Å². The van der Waals surface area contributed by atoms with E-state index in [9.17, 15) is 9.90 Å². The van der Waals surface area contributed by atoms with Crippen LogP contribution in [-0.4, -0.2) is 35.1 Å². The fourth-order valence-electron chi connectivity index (χ4n) is 2.80. The van der Waals surface area contributed by atoms with Crippen LogP contribution >= 0.6 is 0 Å². The number of nitrogens with zero attached hydrogens (tertiary/aromatic N) is 1. The maximum absolute atomic E-state index is 11.8. The highest BCUT2D eigenvalue weighted by molar-refractivity contribution is 5.76. The van der Waals surface area contributed by atoms with Crippen molar-refractivity contribution < 1.29 is 9.90 Å². The topological polar surface area (TPSA) is 40.5 Å². The van der Waals surface area contributed by atoms with Crippen LogP contribution in [0, 0.1) is 5.92 Å². The average molecular weight is 277 g/mol. The van der Waals surface area contributed by atoms with Gasteiger partial charge in [0.25, 0.3) is 0 Å². The fraction of sp³-hybridized carbons (Fsp3) is 0.588. The smallest absolute Gasteiger partial charge is 0.222 e. The first kappa shape index (κ1) is 16.7. The third-order valence-electron chi connectivity index (χ3n) is 3.87. The van der Waals surface area contributed by atoms with Crippen LogP contribution < -0.4 is 0 Å². The van der Waals surface area contributed by atoms with Gasteiger partial charge in [0.05, 0.1) is 6.10 Å². The molecule has 1 aliphatic heterocycles. The van der Waals surface area contributed by atoms with Gasteiger partial charge in [-0.2, -0.15) is 0 Å². The highest BCUT2D eigenvalue weighted by Gasteiger charge is 2.37. The molecular weight excluding hydrogens is 250 g/mol. The van der Waals surface area contributed by atoms with Gasteiger partial charge < -0.3 is 10.0 Å². The highest BCUT2D eigenvalue weighted by atomic mass is 16.3. The molecule has 1 fully saturated rings. The van der Waals surface area contributed by atoms with Gasteiger partial charge in [-0.1, -0.05) is 51.1 Å². The molecule has 1 N–H and O–H groups in total. The molecule has 3 heteroatoms. The van der Waals surface area contributed by atoms with Gasteiger partial charge in [-0.15, -0.1) is 0 Å². The van der Waals surface area contributed by atoms with E-state index in [0.717, 1.165) is 6.54 Å². The number of hydrogen-bond donors (Lipinski definition) is 1. The lowest BCUT2D eigenvalue weighted by Crippen LogP contribution is -2.29. The lowest BCUT2D eigenvalue weighted by molar-refractivity contribution is -0.130. The fourth-order valence-corrected chi connectivity index (χ4v) is 2.80. The Morgan fingerprint density at radius 2 is 1.90 bits per heavy atom. The summed E-state index contributed by atoms with van der Waals surface area (Å²) in [5.41, 5.74) is 1.22. The van der Waals surface area contributed by atoms with E-state index in [1.165, 1.54) is 5.56 Å². The summed E-state index contributed by atoms with van der Waals surface area (Å²) >= 11 is 0. The minimum absolute atomic E-state index is 0.142. The van der Waals surface area contributed by atoms with Crippen LogP contribution in [0.15, 0.2) is 30.3 Å². The molecule has 3 atom stereocenters. The Kier molecular flexibility index (Phi) is 6.73. The van der Waals surface area contributed by atoms with E-state index in [0.29, 0.717) is 13.0 Å². The van der Waals surface area contributed by atoms with Crippen molar-refractivity contribution in [3.05, 3.63) is 35.9 Å². The molecule has 0 bridgehead atoms. The minimum Gasteiger partial charge on any atom is -0.393 e. The Labute approximate surface area is 122 Å². The van der Waals surface area contributed by atoms with E-state index in [-0.39, 0.29) is 23.8 Å². The van der Waals surface area contributed by atoms with E-state index in [2.05, 4.69) is 12.1 Å². The maximum atomic E-state index is 11.8. The van der Waals surface area contributed by atoms with Crippen molar-refractivity contribution in [2.75, 3.05) is 13.1 Å². The third-order valence-corrected chi connectivity index (χ3v) is 3.87. The maximum Gasteiger partial charge on any atom is 0.222 e. The molecule has 20 heavy (non-hydrogen) atoms. The second-order valence-corrected chi connectivity index (χ2v) is 5.07. The summed E-state index contributed by atoms with van der Waals surface area (Å²) in [7, 11) is 0. The second kappa shape index (κ2) is 8.05. The van der Waals surface area contributed by atoms with Gasteiger partial charge in [0, 0.05) is 31.3 Å². The number of hydrogen-bond acceptors (Lipinski definition) is 2. The Morgan fingerprint density at radius 1 is 1.30 bits per heavy atom. The van der Waals surface area contributed by atoms with Crippen LogP contribution in [0.3, 0.4) is 0 Å². The van der Waals surface area contributed by atoms with Gasteiger partial charge in [0.1, 0.15) is 0 Å². The molecule has 0 unspecified atom stereocenters. The Balaban J connectivity index is 0.000000956. The molecule has 1 heterocycles. The van der Waals surface area contributed by atoms with Crippen molar-refractivity contribution in [2.45, 2.75) is 46.1 Å². The molecule has 1 saturated heterocycles. The van der Waals surface area contributed by atoms with Gasteiger partial charge in [-0.05, 0) is 12.5 Å². The van der Waals surface area contributed by atoms with Crippen molar-refractivity contribution in [3.63, 3.8) is 0 Å². The molecule has 3 nitrogen and oxygen atoms in total. The molecule has 1 aromatic rings. The Bertz CT molecular complexity index is 403.